The smallest absolute Gasteiger partial charge is 0.270 e. The zero-order valence-electron chi connectivity index (χ0n) is 15.0. The fourth-order valence-corrected chi connectivity index (χ4v) is 5.01. The lowest BCUT2D eigenvalue weighted by molar-refractivity contribution is -0.134. The van der Waals surface area contributed by atoms with Crippen molar-refractivity contribution >= 4 is 27.4 Å². The van der Waals surface area contributed by atoms with Crippen LogP contribution in [0.2, 0.25) is 0 Å². The Kier molecular flexibility index (Phi) is 5.13. The molecule has 0 aromatic heterocycles. The highest BCUT2D eigenvalue weighted by molar-refractivity contribution is 7.91. The first kappa shape index (κ1) is 18.6. The summed E-state index contributed by atoms with van der Waals surface area (Å²) in [5, 5.41) is 5.48. The van der Waals surface area contributed by atoms with E-state index in [1.165, 1.54) is 5.01 Å². The number of rotatable bonds is 4. The van der Waals surface area contributed by atoms with Crippen molar-refractivity contribution in [1.29, 1.82) is 0 Å². The predicted octanol–water partition coefficient (Wildman–Crippen LogP) is 1.37. The third-order valence-corrected chi connectivity index (χ3v) is 6.79. The molecule has 2 atom stereocenters. The molecule has 2 aliphatic rings. The Labute approximate surface area is 153 Å². The molecule has 2 aliphatic heterocycles. The van der Waals surface area contributed by atoms with Crippen LogP contribution in [-0.4, -0.2) is 60.4 Å². The summed E-state index contributed by atoms with van der Waals surface area (Å²) in [6.07, 6.45) is 0.823. The topological polar surface area (TPSA) is 87.1 Å². The summed E-state index contributed by atoms with van der Waals surface area (Å²) in [5.41, 5.74) is 1.31. The molecule has 0 bridgehead atoms. The van der Waals surface area contributed by atoms with Gasteiger partial charge in [-0.25, -0.2) is 13.4 Å². The molecule has 1 aromatic rings. The van der Waals surface area contributed by atoms with E-state index >= 15 is 0 Å². The molecule has 3 rings (SSSR count). The maximum atomic E-state index is 12.8. The molecule has 0 spiro atoms. The molecule has 7 nitrogen and oxygen atoms in total. The first-order valence-electron chi connectivity index (χ1n) is 8.70. The Morgan fingerprint density at radius 2 is 1.96 bits per heavy atom. The van der Waals surface area contributed by atoms with E-state index in [9.17, 15) is 18.0 Å². The van der Waals surface area contributed by atoms with Crippen LogP contribution in [0.25, 0.3) is 0 Å². The van der Waals surface area contributed by atoms with Crippen molar-refractivity contribution < 1.29 is 18.0 Å². The molecule has 26 heavy (non-hydrogen) atoms. The average Bonchev–Trinajstić information content (AvgIpc) is 3.00. The molecule has 0 radical (unpaired) electrons. The molecular weight excluding hydrogens is 354 g/mol. The molecule has 0 N–H and O–H groups in total. The van der Waals surface area contributed by atoms with E-state index in [0.717, 1.165) is 5.56 Å². The highest BCUT2D eigenvalue weighted by Crippen LogP contribution is 2.24. The molecular formula is C18H23N3O4S. The third-order valence-electron chi connectivity index (χ3n) is 5.04. The first-order valence-corrected chi connectivity index (χ1v) is 10.5. The molecule has 2 unspecified atom stereocenters. The minimum Gasteiger partial charge on any atom is -0.334 e. The van der Waals surface area contributed by atoms with Crippen LogP contribution >= 0.6 is 0 Å². The number of carbonyl (C=O) groups is 2. The Morgan fingerprint density at radius 3 is 2.58 bits per heavy atom. The quantitative estimate of drug-likeness (QED) is 0.793. The lowest BCUT2D eigenvalue weighted by atomic mass is 10.1. The Hall–Kier alpha value is -2.22. The van der Waals surface area contributed by atoms with E-state index in [1.807, 2.05) is 37.3 Å². The summed E-state index contributed by atoms with van der Waals surface area (Å²) >= 11 is 0. The molecule has 2 amide bonds. The highest BCUT2D eigenvalue weighted by Gasteiger charge is 2.37. The predicted molar refractivity (Wildman–Crippen MR) is 98.2 cm³/mol. The monoisotopic (exact) mass is 377 g/mol. The van der Waals surface area contributed by atoms with Crippen LogP contribution in [0.3, 0.4) is 0 Å². The first-order chi connectivity index (χ1) is 12.3. The molecule has 2 heterocycles. The van der Waals surface area contributed by atoms with Crippen molar-refractivity contribution in [2.75, 3.05) is 18.6 Å². The Balaban J connectivity index is 1.78. The fourth-order valence-electron chi connectivity index (χ4n) is 3.31. The summed E-state index contributed by atoms with van der Waals surface area (Å²) in [4.78, 5) is 26.6. The van der Waals surface area contributed by atoms with Gasteiger partial charge in [0.05, 0.1) is 23.6 Å². The van der Waals surface area contributed by atoms with Gasteiger partial charge in [0.15, 0.2) is 9.84 Å². The van der Waals surface area contributed by atoms with Crippen molar-refractivity contribution in [3.05, 3.63) is 35.9 Å². The van der Waals surface area contributed by atoms with Crippen LogP contribution in [0, 0.1) is 0 Å². The van der Waals surface area contributed by atoms with Crippen molar-refractivity contribution in [1.82, 2.24) is 9.91 Å². The summed E-state index contributed by atoms with van der Waals surface area (Å²) < 4.78 is 23.4. The van der Waals surface area contributed by atoms with Crippen LogP contribution in [0.15, 0.2) is 35.4 Å². The van der Waals surface area contributed by atoms with E-state index < -0.39 is 15.9 Å². The van der Waals surface area contributed by atoms with Crippen LogP contribution < -0.4 is 0 Å². The highest BCUT2D eigenvalue weighted by atomic mass is 32.2. The second kappa shape index (κ2) is 7.19. The van der Waals surface area contributed by atoms with Gasteiger partial charge in [-0.15, -0.1) is 0 Å². The number of hydrazone groups is 1. The van der Waals surface area contributed by atoms with Gasteiger partial charge in [-0.3, -0.25) is 9.59 Å². The van der Waals surface area contributed by atoms with Gasteiger partial charge < -0.3 is 4.90 Å². The van der Waals surface area contributed by atoms with Gasteiger partial charge in [0.25, 0.3) is 5.91 Å². The summed E-state index contributed by atoms with van der Waals surface area (Å²) in [6, 6.07) is 9.07. The maximum absolute atomic E-state index is 12.8. The van der Waals surface area contributed by atoms with Crippen LogP contribution in [-0.2, 0) is 19.4 Å². The Morgan fingerprint density at radius 1 is 1.27 bits per heavy atom. The van der Waals surface area contributed by atoms with Crippen molar-refractivity contribution in [3.63, 3.8) is 0 Å². The van der Waals surface area contributed by atoms with E-state index in [-0.39, 0.29) is 42.2 Å². The minimum absolute atomic E-state index is 0.0607. The minimum atomic E-state index is -3.13. The maximum Gasteiger partial charge on any atom is 0.270 e. The van der Waals surface area contributed by atoms with Gasteiger partial charge in [-0.05, 0) is 18.9 Å². The largest absolute Gasteiger partial charge is 0.334 e. The van der Waals surface area contributed by atoms with Gasteiger partial charge in [-0.1, -0.05) is 30.3 Å². The van der Waals surface area contributed by atoms with Gasteiger partial charge in [0, 0.05) is 19.9 Å². The lowest BCUT2D eigenvalue weighted by Gasteiger charge is -2.30. The zero-order valence-corrected chi connectivity index (χ0v) is 15.8. The van der Waals surface area contributed by atoms with Crippen molar-refractivity contribution in [2.45, 2.75) is 38.3 Å². The van der Waals surface area contributed by atoms with E-state index in [1.54, 1.807) is 11.9 Å². The fraction of sp³-hybridized carbons (Fsp3) is 0.500. The number of hydrogen-bond acceptors (Lipinski definition) is 5. The number of benzene rings is 1. The second-order valence-electron chi connectivity index (χ2n) is 6.84. The van der Waals surface area contributed by atoms with E-state index in [4.69, 9.17) is 0 Å². The number of carbonyl (C=O) groups excluding carboxylic acids is 2. The van der Waals surface area contributed by atoms with Crippen LogP contribution in [0.5, 0.6) is 0 Å². The van der Waals surface area contributed by atoms with E-state index in [2.05, 4.69) is 5.10 Å². The summed E-state index contributed by atoms with van der Waals surface area (Å²) in [6.45, 7) is 1.93. The molecule has 1 fully saturated rings. The Bertz CT molecular complexity index is 835. The lowest BCUT2D eigenvalue weighted by Crippen LogP contribution is -2.44. The van der Waals surface area contributed by atoms with Crippen LogP contribution in [0.1, 0.15) is 37.8 Å². The van der Waals surface area contributed by atoms with E-state index in [0.29, 0.717) is 12.1 Å². The normalized spacial score (nSPS) is 23.5. The molecule has 0 saturated carbocycles. The SMILES string of the molecule is CC(c1ccccc1)N(C)C(=O)C1=NN(C2CCS(=O)(=O)C2)C(=O)CC1. The second-order valence-corrected chi connectivity index (χ2v) is 9.07. The van der Waals surface area contributed by atoms with Crippen molar-refractivity contribution in [3.8, 4) is 0 Å². The van der Waals surface area contributed by atoms with Gasteiger partial charge in [0.2, 0.25) is 5.91 Å². The molecule has 140 valence electrons. The van der Waals surface area contributed by atoms with Gasteiger partial charge >= 0.3 is 0 Å². The number of nitrogens with zero attached hydrogens (tertiary/aromatic N) is 3. The summed E-state index contributed by atoms with van der Waals surface area (Å²) in [5.74, 6) is -0.479. The zero-order chi connectivity index (χ0) is 18.9. The van der Waals surface area contributed by atoms with Crippen LogP contribution in [0.4, 0.5) is 0 Å². The van der Waals surface area contributed by atoms with Crippen molar-refractivity contribution in [2.24, 2.45) is 5.10 Å². The molecule has 1 saturated heterocycles. The van der Waals surface area contributed by atoms with Gasteiger partial charge in [-0.2, -0.15) is 5.10 Å². The molecule has 8 heteroatoms. The average molecular weight is 377 g/mol. The number of sulfone groups is 1. The number of hydrogen-bond donors (Lipinski definition) is 0. The van der Waals surface area contributed by atoms with Gasteiger partial charge in [0.1, 0.15) is 5.71 Å². The summed E-state index contributed by atoms with van der Waals surface area (Å²) in [7, 11) is -1.42. The third kappa shape index (κ3) is 3.80. The number of amides is 2. The standard InChI is InChI=1S/C18H23N3O4S/c1-13(14-6-4-3-5-7-14)20(2)18(23)16-8-9-17(22)21(19-16)15-10-11-26(24,25)12-15/h3-7,13,15H,8-12H2,1-2H3. The molecule has 1 aromatic carbocycles. The molecule has 0 aliphatic carbocycles.